The van der Waals surface area contributed by atoms with Crippen LogP contribution in [0.25, 0.3) is 0 Å². The van der Waals surface area contributed by atoms with E-state index in [9.17, 15) is 13.5 Å². The molecule has 0 radical (unpaired) electrons. The topological polar surface area (TPSA) is 75.6 Å². The van der Waals surface area contributed by atoms with Gasteiger partial charge in [0.2, 0.25) is 10.0 Å². The minimum absolute atomic E-state index is 0.0184. The summed E-state index contributed by atoms with van der Waals surface area (Å²) in [4.78, 5) is 0. The van der Waals surface area contributed by atoms with Gasteiger partial charge in [-0.25, -0.2) is 13.1 Å². The monoisotopic (exact) mass is 279 g/mol. The number of sulfonamides is 1. The largest absolute Gasteiger partial charge is 0.386 e. The first kappa shape index (κ1) is 15.9. The first-order valence-electron chi connectivity index (χ1n) is 6.35. The molecule has 18 heavy (non-hydrogen) atoms. The number of hydrogen-bond donors (Lipinski definition) is 2. The van der Waals surface area contributed by atoms with Gasteiger partial charge in [0.15, 0.2) is 0 Å². The normalized spacial score (nSPS) is 29.7. The van der Waals surface area contributed by atoms with Gasteiger partial charge in [-0.3, -0.25) is 0 Å². The van der Waals surface area contributed by atoms with E-state index in [1.54, 1.807) is 6.92 Å². The molecule has 108 valence electrons. The SMILES string of the molecule is CC1OCCC1(O)CNS(=O)(=O)CCC(C)(C)C. The summed E-state index contributed by atoms with van der Waals surface area (Å²) in [5, 5.41) is 10.2. The van der Waals surface area contributed by atoms with E-state index in [2.05, 4.69) is 4.72 Å². The Morgan fingerprint density at radius 1 is 1.44 bits per heavy atom. The number of hydrogen-bond acceptors (Lipinski definition) is 4. The van der Waals surface area contributed by atoms with Crippen molar-refractivity contribution in [3.63, 3.8) is 0 Å². The molecule has 0 bridgehead atoms. The average molecular weight is 279 g/mol. The first-order chi connectivity index (χ1) is 8.04. The third-order valence-electron chi connectivity index (χ3n) is 3.38. The molecule has 0 saturated carbocycles. The number of aliphatic hydroxyl groups is 1. The summed E-state index contributed by atoms with van der Waals surface area (Å²) in [6.07, 6.45) is 0.728. The highest BCUT2D eigenvalue weighted by molar-refractivity contribution is 7.89. The lowest BCUT2D eigenvalue weighted by Crippen LogP contribution is -2.48. The third-order valence-corrected chi connectivity index (χ3v) is 4.70. The number of nitrogens with one attached hydrogen (secondary N) is 1. The van der Waals surface area contributed by atoms with Crippen molar-refractivity contribution < 1.29 is 18.3 Å². The second-order valence-electron chi connectivity index (χ2n) is 6.32. The van der Waals surface area contributed by atoms with Crippen LogP contribution >= 0.6 is 0 Å². The van der Waals surface area contributed by atoms with E-state index in [-0.39, 0.29) is 23.8 Å². The molecule has 5 nitrogen and oxygen atoms in total. The zero-order valence-electron chi connectivity index (χ0n) is 11.7. The molecular formula is C12H25NO4S. The van der Waals surface area contributed by atoms with Crippen LogP contribution in [0.3, 0.4) is 0 Å². The van der Waals surface area contributed by atoms with Crippen molar-refractivity contribution in [2.24, 2.45) is 5.41 Å². The molecule has 0 aromatic heterocycles. The van der Waals surface area contributed by atoms with Gasteiger partial charge < -0.3 is 9.84 Å². The fraction of sp³-hybridized carbons (Fsp3) is 1.00. The lowest BCUT2D eigenvalue weighted by Gasteiger charge is -2.26. The van der Waals surface area contributed by atoms with Crippen molar-refractivity contribution >= 4 is 10.0 Å². The predicted molar refractivity (Wildman–Crippen MR) is 70.8 cm³/mol. The van der Waals surface area contributed by atoms with Crippen LogP contribution in [-0.4, -0.2) is 44.1 Å². The lowest BCUT2D eigenvalue weighted by atomic mass is 9.94. The Bertz CT molecular complexity index is 374. The molecule has 1 fully saturated rings. The summed E-state index contributed by atoms with van der Waals surface area (Å²) in [6, 6.07) is 0. The summed E-state index contributed by atoms with van der Waals surface area (Å²) >= 11 is 0. The summed E-state index contributed by atoms with van der Waals surface area (Å²) in [5.41, 5.74) is -1.09. The molecule has 0 aromatic carbocycles. The minimum Gasteiger partial charge on any atom is -0.386 e. The Balaban J connectivity index is 2.47. The van der Waals surface area contributed by atoms with Gasteiger partial charge in [-0.1, -0.05) is 20.8 Å². The van der Waals surface area contributed by atoms with E-state index in [1.165, 1.54) is 0 Å². The summed E-state index contributed by atoms with van der Waals surface area (Å²) in [7, 11) is -3.33. The van der Waals surface area contributed by atoms with Gasteiger partial charge in [0, 0.05) is 19.6 Å². The molecule has 1 rings (SSSR count). The predicted octanol–water partition coefficient (Wildman–Crippen LogP) is 0.882. The second-order valence-corrected chi connectivity index (χ2v) is 8.24. The fourth-order valence-electron chi connectivity index (χ4n) is 1.75. The molecule has 0 aliphatic carbocycles. The van der Waals surface area contributed by atoms with Gasteiger partial charge in [0.25, 0.3) is 0 Å². The Hall–Kier alpha value is -0.170. The zero-order chi connectivity index (χ0) is 14.0. The second kappa shape index (κ2) is 5.45. The van der Waals surface area contributed by atoms with Gasteiger partial charge in [0.05, 0.1) is 11.9 Å². The Morgan fingerprint density at radius 2 is 2.06 bits per heavy atom. The van der Waals surface area contributed by atoms with Crippen molar-refractivity contribution in [2.45, 2.75) is 52.2 Å². The molecular weight excluding hydrogens is 254 g/mol. The standard InChI is InChI=1S/C12H25NO4S/c1-10-12(14,5-7-17-10)9-13-18(15,16)8-6-11(2,3)4/h10,13-14H,5-9H2,1-4H3. The molecule has 0 spiro atoms. The number of ether oxygens (including phenoxy) is 1. The fourth-order valence-corrected chi connectivity index (χ4v) is 3.25. The van der Waals surface area contributed by atoms with Gasteiger partial charge in [-0.2, -0.15) is 0 Å². The summed E-state index contributed by atoms with van der Waals surface area (Å²) in [5.74, 6) is 0.0851. The van der Waals surface area contributed by atoms with Crippen LogP contribution in [-0.2, 0) is 14.8 Å². The Morgan fingerprint density at radius 3 is 2.50 bits per heavy atom. The van der Waals surface area contributed by atoms with Crippen molar-refractivity contribution in [3.8, 4) is 0 Å². The highest BCUT2D eigenvalue weighted by atomic mass is 32.2. The van der Waals surface area contributed by atoms with E-state index >= 15 is 0 Å². The average Bonchev–Trinajstić information content (AvgIpc) is 2.54. The maximum atomic E-state index is 11.8. The van der Waals surface area contributed by atoms with E-state index in [0.29, 0.717) is 19.4 Å². The first-order valence-corrected chi connectivity index (χ1v) is 8.01. The van der Waals surface area contributed by atoms with Crippen molar-refractivity contribution in [1.29, 1.82) is 0 Å². The smallest absolute Gasteiger partial charge is 0.211 e. The van der Waals surface area contributed by atoms with Crippen LogP contribution in [0.5, 0.6) is 0 Å². The van der Waals surface area contributed by atoms with Gasteiger partial charge in [-0.15, -0.1) is 0 Å². The van der Waals surface area contributed by atoms with Crippen molar-refractivity contribution in [3.05, 3.63) is 0 Å². The van der Waals surface area contributed by atoms with Crippen LogP contribution in [0, 0.1) is 5.41 Å². The maximum Gasteiger partial charge on any atom is 0.211 e. The molecule has 1 heterocycles. The van der Waals surface area contributed by atoms with E-state index in [0.717, 1.165) is 0 Å². The molecule has 2 N–H and O–H groups in total. The molecule has 2 atom stereocenters. The summed E-state index contributed by atoms with van der Waals surface area (Å²) in [6.45, 7) is 8.27. The Kier molecular flexibility index (Phi) is 4.81. The van der Waals surface area contributed by atoms with Crippen LogP contribution < -0.4 is 4.72 Å². The van der Waals surface area contributed by atoms with Crippen LogP contribution in [0.15, 0.2) is 0 Å². The molecule has 2 unspecified atom stereocenters. The van der Waals surface area contributed by atoms with E-state index < -0.39 is 15.6 Å². The molecule has 1 saturated heterocycles. The highest BCUT2D eigenvalue weighted by Gasteiger charge is 2.40. The summed E-state index contributed by atoms with van der Waals surface area (Å²) < 4.78 is 31.4. The van der Waals surface area contributed by atoms with Crippen LogP contribution in [0.4, 0.5) is 0 Å². The van der Waals surface area contributed by atoms with Crippen LogP contribution in [0.1, 0.15) is 40.5 Å². The van der Waals surface area contributed by atoms with E-state index in [1.807, 2.05) is 20.8 Å². The minimum atomic E-state index is -3.33. The quantitative estimate of drug-likeness (QED) is 0.783. The van der Waals surface area contributed by atoms with Crippen molar-refractivity contribution in [2.75, 3.05) is 18.9 Å². The third kappa shape index (κ3) is 4.84. The van der Waals surface area contributed by atoms with E-state index in [4.69, 9.17) is 4.74 Å². The lowest BCUT2D eigenvalue weighted by molar-refractivity contribution is -0.0228. The highest BCUT2D eigenvalue weighted by Crippen LogP contribution is 2.25. The van der Waals surface area contributed by atoms with Gasteiger partial charge in [0.1, 0.15) is 5.60 Å². The molecule has 6 heteroatoms. The molecule has 0 amide bonds. The molecule has 0 aromatic rings. The zero-order valence-corrected chi connectivity index (χ0v) is 12.5. The Labute approximate surface area is 110 Å². The van der Waals surface area contributed by atoms with Crippen LogP contribution in [0.2, 0.25) is 0 Å². The van der Waals surface area contributed by atoms with Gasteiger partial charge >= 0.3 is 0 Å². The maximum absolute atomic E-state index is 11.8. The molecule has 1 aliphatic heterocycles. The molecule has 1 aliphatic rings. The van der Waals surface area contributed by atoms with Crippen molar-refractivity contribution in [1.82, 2.24) is 4.72 Å². The van der Waals surface area contributed by atoms with Gasteiger partial charge in [-0.05, 0) is 18.8 Å². The number of rotatable bonds is 5.